The van der Waals surface area contributed by atoms with Gasteiger partial charge in [-0.25, -0.2) is 0 Å². The smallest absolute Gasteiger partial charge is 0.241 e. The first-order valence-corrected chi connectivity index (χ1v) is 7.33. The van der Waals surface area contributed by atoms with Crippen molar-refractivity contribution in [1.29, 1.82) is 0 Å². The van der Waals surface area contributed by atoms with E-state index in [0.29, 0.717) is 0 Å². The van der Waals surface area contributed by atoms with E-state index in [-0.39, 0.29) is 18.1 Å². The van der Waals surface area contributed by atoms with Crippen LogP contribution in [0.15, 0.2) is 30.3 Å². The summed E-state index contributed by atoms with van der Waals surface area (Å²) >= 11 is 0. The summed E-state index contributed by atoms with van der Waals surface area (Å²) in [6.07, 6.45) is 1.95. The third-order valence-electron chi connectivity index (χ3n) is 3.84. The fraction of sp³-hybridized carbons (Fsp3) is 0.562. The van der Waals surface area contributed by atoms with Crippen molar-refractivity contribution < 1.29 is 4.79 Å². The summed E-state index contributed by atoms with van der Waals surface area (Å²) in [5, 5.41) is 3.41. The van der Waals surface area contributed by atoms with Crippen LogP contribution in [-0.4, -0.2) is 55.1 Å². The lowest BCUT2D eigenvalue weighted by atomic mass is 10.1. The largest absolute Gasteiger partial charge is 0.325 e. The molecule has 2 rings (SSSR count). The SMILES string of the molecule is CC1NC(CCc2ccccc2)C(=O)N1CCN(C)C. The van der Waals surface area contributed by atoms with Gasteiger partial charge in [0.15, 0.2) is 0 Å². The summed E-state index contributed by atoms with van der Waals surface area (Å²) in [6, 6.07) is 10.3. The van der Waals surface area contributed by atoms with Crippen molar-refractivity contribution in [2.45, 2.75) is 32.0 Å². The molecule has 1 aliphatic heterocycles. The van der Waals surface area contributed by atoms with Gasteiger partial charge in [-0.2, -0.15) is 0 Å². The average Bonchev–Trinajstić information content (AvgIpc) is 2.70. The molecule has 0 aliphatic carbocycles. The average molecular weight is 275 g/mol. The van der Waals surface area contributed by atoms with Gasteiger partial charge in [-0.15, -0.1) is 0 Å². The van der Waals surface area contributed by atoms with Gasteiger partial charge in [0.1, 0.15) is 0 Å². The van der Waals surface area contributed by atoms with Gasteiger partial charge in [-0.1, -0.05) is 30.3 Å². The van der Waals surface area contributed by atoms with Gasteiger partial charge in [0.05, 0.1) is 12.2 Å². The van der Waals surface area contributed by atoms with E-state index in [0.717, 1.165) is 25.9 Å². The van der Waals surface area contributed by atoms with E-state index in [1.54, 1.807) is 0 Å². The molecule has 0 bridgehead atoms. The molecule has 2 unspecified atom stereocenters. The highest BCUT2D eigenvalue weighted by molar-refractivity contribution is 5.84. The van der Waals surface area contributed by atoms with Crippen molar-refractivity contribution in [3.8, 4) is 0 Å². The molecular formula is C16H25N3O. The van der Waals surface area contributed by atoms with Crippen LogP contribution in [0, 0.1) is 0 Å². The molecule has 0 aromatic heterocycles. The number of hydrogen-bond acceptors (Lipinski definition) is 3. The quantitative estimate of drug-likeness (QED) is 0.851. The Balaban J connectivity index is 1.86. The van der Waals surface area contributed by atoms with Gasteiger partial charge in [0.25, 0.3) is 0 Å². The summed E-state index contributed by atoms with van der Waals surface area (Å²) < 4.78 is 0. The molecule has 0 saturated carbocycles. The van der Waals surface area contributed by atoms with E-state index in [1.165, 1.54) is 5.56 Å². The van der Waals surface area contributed by atoms with Crippen molar-refractivity contribution in [2.24, 2.45) is 0 Å². The lowest BCUT2D eigenvalue weighted by molar-refractivity contribution is -0.130. The molecule has 1 N–H and O–H groups in total. The van der Waals surface area contributed by atoms with E-state index < -0.39 is 0 Å². The molecule has 1 fully saturated rings. The molecule has 110 valence electrons. The first kappa shape index (κ1) is 15.0. The standard InChI is InChI=1S/C16H25N3O/c1-13-17-15(10-9-14-7-5-4-6-8-14)16(20)19(13)12-11-18(2)3/h4-8,13,15,17H,9-12H2,1-3H3. The molecule has 1 aromatic carbocycles. The third-order valence-corrected chi connectivity index (χ3v) is 3.84. The van der Waals surface area contributed by atoms with Crippen molar-refractivity contribution in [3.05, 3.63) is 35.9 Å². The number of benzene rings is 1. The predicted molar refractivity (Wildman–Crippen MR) is 81.4 cm³/mol. The fourth-order valence-corrected chi connectivity index (χ4v) is 2.62. The summed E-state index contributed by atoms with van der Waals surface area (Å²) in [7, 11) is 4.07. The molecule has 0 radical (unpaired) electrons. The van der Waals surface area contributed by atoms with Crippen LogP contribution in [0.3, 0.4) is 0 Å². The monoisotopic (exact) mass is 275 g/mol. The number of aryl methyl sites for hydroxylation is 1. The first-order chi connectivity index (χ1) is 9.58. The van der Waals surface area contributed by atoms with Gasteiger partial charge >= 0.3 is 0 Å². The number of nitrogens with one attached hydrogen (secondary N) is 1. The number of hydrogen-bond donors (Lipinski definition) is 1. The maximum Gasteiger partial charge on any atom is 0.241 e. The van der Waals surface area contributed by atoms with Crippen molar-refractivity contribution in [3.63, 3.8) is 0 Å². The summed E-state index contributed by atoms with van der Waals surface area (Å²) in [5.74, 6) is 0.246. The second kappa shape index (κ2) is 6.86. The normalized spacial score (nSPS) is 22.8. The van der Waals surface area contributed by atoms with Crippen LogP contribution >= 0.6 is 0 Å². The number of carbonyl (C=O) groups excluding carboxylic acids is 1. The minimum atomic E-state index is -0.0348. The van der Waals surface area contributed by atoms with Gasteiger partial charge in [0.2, 0.25) is 5.91 Å². The van der Waals surface area contributed by atoms with E-state index in [1.807, 2.05) is 37.2 Å². The van der Waals surface area contributed by atoms with Crippen LogP contribution in [0.1, 0.15) is 18.9 Å². The topological polar surface area (TPSA) is 35.6 Å². The highest BCUT2D eigenvalue weighted by atomic mass is 16.2. The van der Waals surface area contributed by atoms with Crippen molar-refractivity contribution in [1.82, 2.24) is 15.1 Å². The number of amides is 1. The van der Waals surface area contributed by atoms with Crippen molar-refractivity contribution >= 4 is 5.91 Å². The zero-order valence-electron chi connectivity index (χ0n) is 12.7. The second-order valence-corrected chi connectivity index (χ2v) is 5.75. The molecule has 1 amide bonds. The van der Waals surface area contributed by atoms with E-state index >= 15 is 0 Å². The lowest BCUT2D eigenvalue weighted by Gasteiger charge is -2.22. The number of likely N-dealkylation sites (N-methyl/N-ethyl adjacent to an activating group) is 1. The summed E-state index contributed by atoms with van der Waals surface area (Å²) in [4.78, 5) is 16.5. The maximum absolute atomic E-state index is 12.4. The Bertz CT molecular complexity index is 433. The molecule has 1 aliphatic rings. The highest BCUT2D eigenvalue weighted by Crippen LogP contribution is 2.15. The van der Waals surface area contributed by atoms with Gasteiger partial charge in [-0.3, -0.25) is 10.1 Å². The van der Waals surface area contributed by atoms with E-state index in [4.69, 9.17) is 0 Å². The van der Waals surface area contributed by atoms with Crippen LogP contribution in [0.25, 0.3) is 0 Å². The van der Waals surface area contributed by atoms with Gasteiger partial charge < -0.3 is 9.80 Å². The summed E-state index contributed by atoms with van der Waals surface area (Å²) in [5.41, 5.74) is 1.29. The van der Waals surface area contributed by atoms with Crippen LogP contribution < -0.4 is 5.32 Å². The molecule has 0 spiro atoms. The molecule has 4 nitrogen and oxygen atoms in total. The highest BCUT2D eigenvalue weighted by Gasteiger charge is 2.35. The molecular weight excluding hydrogens is 250 g/mol. The molecule has 1 aromatic rings. The number of nitrogens with zero attached hydrogens (tertiary/aromatic N) is 2. The Morgan fingerprint density at radius 2 is 1.95 bits per heavy atom. The Morgan fingerprint density at radius 1 is 1.25 bits per heavy atom. The Labute approximate surface area is 121 Å². The summed E-state index contributed by atoms with van der Waals surface area (Å²) in [6.45, 7) is 3.76. The van der Waals surface area contributed by atoms with Crippen LogP contribution in [0.5, 0.6) is 0 Å². The van der Waals surface area contributed by atoms with E-state index in [9.17, 15) is 4.79 Å². The van der Waals surface area contributed by atoms with Crippen LogP contribution in [0.4, 0.5) is 0 Å². The second-order valence-electron chi connectivity index (χ2n) is 5.75. The Kier molecular flexibility index (Phi) is 5.15. The third kappa shape index (κ3) is 3.81. The molecule has 20 heavy (non-hydrogen) atoms. The van der Waals surface area contributed by atoms with E-state index in [2.05, 4.69) is 29.3 Å². The zero-order chi connectivity index (χ0) is 14.5. The molecule has 4 heteroatoms. The molecule has 1 saturated heterocycles. The lowest BCUT2D eigenvalue weighted by Crippen LogP contribution is -2.39. The predicted octanol–water partition coefficient (Wildman–Crippen LogP) is 1.33. The number of carbonyl (C=O) groups is 1. The fourth-order valence-electron chi connectivity index (χ4n) is 2.62. The molecule has 2 atom stereocenters. The molecule has 1 heterocycles. The Hall–Kier alpha value is -1.39. The maximum atomic E-state index is 12.4. The van der Waals surface area contributed by atoms with Gasteiger partial charge in [-0.05, 0) is 39.4 Å². The first-order valence-electron chi connectivity index (χ1n) is 7.33. The van der Waals surface area contributed by atoms with Crippen LogP contribution in [-0.2, 0) is 11.2 Å². The van der Waals surface area contributed by atoms with Crippen molar-refractivity contribution in [2.75, 3.05) is 27.2 Å². The minimum absolute atomic E-state index is 0.0348. The Morgan fingerprint density at radius 3 is 2.60 bits per heavy atom. The number of rotatable bonds is 6. The van der Waals surface area contributed by atoms with Crippen LogP contribution in [0.2, 0.25) is 0 Å². The zero-order valence-corrected chi connectivity index (χ0v) is 12.7. The van der Waals surface area contributed by atoms with Gasteiger partial charge in [0, 0.05) is 13.1 Å². The minimum Gasteiger partial charge on any atom is -0.325 e.